The number of fused-ring (bicyclic) bond motifs is 1. The predicted molar refractivity (Wildman–Crippen MR) is 123 cm³/mol. The number of ketones is 1. The number of nitrogens with one attached hydrogen (secondary N) is 1. The zero-order valence-electron chi connectivity index (χ0n) is 17.6. The molecule has 1 atom stereocenters. The molecule has 1 amide bonds. The van der Waals surface area contributed by atoms with Crippen molar-refractivity contribution in [3.05, 3.63) is 41.7 Å². The van der Waals surface area contributed by atoms with Gasteiger partial charge in [0.25, 0.3) is 5.91 Å². The molecular weight excluding hydrogens is 418 g/mol. The standard InChI is InChI=1S/C22H29N3O3S2/c1-3-4-5-6-7-10-13-29-15-16-14-19(24-28-16)23-22(27)20-21(26)17-11-8-9-12-18(17)30-25(20)2/h8-9,11-12,14,20H,3-7,10,13,15H2,1-2H3,(H,23,24,27). The predicted octanol–water partition coefficient (Wildman–Crippen LogP) is 5.41. The number of likely N-dealkylation sites (N-methyl/N-ethyl adjacent to an activating group) is 1. The summed E-state index contributed by atoms with van der Waals surface area (Å²) in [6, 6.07) is 8.18. The van der Waals surface area contributed by atoms with E-state index in [9.17, 15) is 9.59 Å². The van der Waals surface area contributed by atoms with Crippen LogP contribution in [0.1, 0.15) is 61.6 Å². The number of hydrogen-bond acceptors (Lipinski definition) is 7. The Bertz CT molecular complexity index is 856. The lowest BCUT2D eigenvalue weighted by molar-refractivity contribution is -0.118. The molecule has 0 aliphatic carbocycles. The molecule has 2 aromatic rings. The van der Waals surface area contributed by atoms with Crippen LogP contribution in [0.4, 0.5) is 5.82 Å². The number of Topliss-reactive ketones (excluding diaryl/α,β-unsaturated/α-hetero) is 1. The minimum atomic E-state index is -0.896. The van der Waals surface area contributed by atoms with Crippen LogP contribution in [-0.4, -0.2) is 40.0 Å². The van der Waals surface area contributed by atoms with Crippen LogP contribution in [-0.2, 0) is 10.5 Å². The van der Waals surface area contributed by atoms with Crippen LogP contribution >= 0.6 is 23.7 Å². The van der Waals surface area contributed by atoms with Gasteiger partial charge in [0, 0.05) is 16.5 Å². The van der Waals surface area contributed by atoms with Crippen molar-refractivity contribution in [2.75, 3.05) is 18.1 Å². The van der Waals surface area contributed by atoms with Gasteiger partial charge in [0.15, 0.2) is 17.6 Å². The summed E-state index contributed by atoms with van der Waals surface area (Å²) < 4.78 is 7.01. The van der Waals surface area contributed by atoms with Crippen molar-refractivity contribution in [3.8, 4) is 0 Å². The molecule has 3 rings (SSSR count). The highest BCUT2D eigenvalue weighted by Gasteiger charge is 2.37. The van der Waals surface area contributed by atoms with Gasteiger partial charge in [0.05, 0.1) is 5.75 Å². The van der Waals surface area contributed by atoms with Gasteiger partial charge >= 0.3 is 0 Å². The van der Waals surface area contributed by atoms with E-state index in [-0.39, 0.29) is 5.78 Å². The molecule has 0 saturated carbocycles. The first-order valence-electron chi connectivity index (χ1n) is 10.5. The van der Waals surface area contributed by atoms with E-state index in [4.69, 9.17) is 4.52 Å². The number of unbranched alkanes of at least 4 members (excludes halogenated alkanes) is 5. The number of thioether (sulfide) groups is 1. The molecule has 0 spiro atoms. The lowest BCUT2D eigenvalue weighted by atomic mass is 10.0. The van der Waals surface area contributed by atoms with Crippen molar-refractivity contribution in [1.29, 1.82) is 0 Å². The van der Waals surface area contributed by atoms with Crippen LogP contribution in [0.15, 0.2) is 39.8 Å². The summed E-state index contributed by atoms with van der Waals surface area (Å²) in [5, 5.41) is 6.66. The molecule has 1 aliphatic rings. The highest BCUT2D eigenvalue weighted by atomic mass is 32.2. The van der Waals surface area contributed by atoms with Crippen LogP contribution in [0.3, 0.4) is 0 Å². The highest BCUT2D eigenvalue weighted by molar-refractivity contribution is 7.98. The Morgan fingerprint density at radius 1 is 1.23 bits per heavy atom. The van der Waals surface area contributed by atoms with Crippen molar-refractivity contribution in [1.82, 2.24) is 9.46 Å². The minimum absolute atomic E-state index is 0.206. The van der Waals surface area contributed by atoms with Gasteiger partial charge in [0.2, 0.25) is 0 Å². The van der Waals surface area contributed by atoms with E-state index in [1.807, 2.05) is 30.0 Å². The molecule has 6 nitrogen and oxygen atoms in total. The Hall–Kier alpha value is -1.77. The first-order chi connectivity index (χ1) is 14.6. The summed E-state index contributed by atoms with van der Waals surface area (Å²) in [7, 11) is 1.75. The number of aromatic nitrogens is 1. The summed E-state index contributed by atoms with van der Waals surface area (Å²) >= 11 is 3.21. The summed E-state index contributed by atoms with van der Waals surface area (Å²) in [5.41, 5.74) is 0.577. The summed E-state index contributed by atoms with van der Waals surface area (Å²) in [6.45, 7) is 2.23. The third kappa shape index (κ3) is 6.12. The second-order valence-corrected chi connectivity index (χ2v) is 9.69. The largest absolute Gasteiger partial charge is 0.358 e. The molecule has 162 valence electrons. The van der Waals surface area contributed by atoms with Crippen molar-refractivity contribution in [3.63, 3.8) is 0 Å². The third-order valence-corrected chi connectivity index (χ3v) is 7.07. The molecule has 0 saturated heterocycles. The second-order valence-electron chi connectivity index (χ2n) is 7.39. The maximum atomic E-state index is 12.8. The lowest BCUT2D eigenvalue weighted by Crippen LogP contribution is -2.46. The van der Waals surface area contributed by atoms with Crippen LogP contribution in [0.25, 0.3) is 0 Å². The van der Waals surface area contributed by atoms with E-state index >= 15 is 0 Å². The van der Waals surface area contributed by atoms with Gasteiger partial charge in [-0.25, -0.2) is 4.31 Å². The van der Waals surface area contributed by atoms with Gasteiger partial charge < -0.3 is 9.84 Å². The number of amides is 1. The number of carbonyl (C=O) groups is 2. The Labute approximate surface area is 186 Å². The molecule has 0 radical (unpaired) electrons. The van der Waals surface area contributed by atoms with Crippen molar-refractivity contribution >= 4 is 41.2 Å². The fourth-order valence-electron chi connectivity index (χ4n) is 3.35. The van der Waals surface area contributed by atoms with E-state index in [0.29, 0.717) is 11.4 Å². The number of carbonyl (C=O) groups excluding carboxylic acids is 2. The summed E-state index contributed by atoms with van der Waals surface area (Å²) in [5.74, 6) is 2.28. The normalized spacial score (nSPS) is 16.5. The number of nitrogens with zero attached hydrogens (tertiary/aromatic N) is 2. The number of hydrogen-bond donors (Lipinski definition) is 1. The number of anilines is 1. The molecule has 1 aliphatic heterocycles. The van der Waals surface area contributed by atoms with Gasteiger partial charge in [-0.15, -0.1) is 0 Å². The Morgan fingerprint density at radius 3 is 2.83 bits per heavy atom. The second kappa shape index (κ2) is 11.6. The molecule has 30 heavy (non-hydrogen) atoms. The van der Waals surface area contributed by atoms with Crippen molar-refractivity contribution < 1.29 is 14.1 Å². The Morgan fingerprint density at radius 2 is 2.00 bits per heavy atom. The SMILES string of the molecule is CCCCCCCCSCc1cc(NC(=O)C2C(=O)c3ccccc3SN2C)no1. The topological polar surface area (TPSA) is 75.4 Å². The molecule has 8 heteroatoms. The molecule has 1 aromatic heterocycles. The van der Waals surface area contributed by atoms with E-state index in [0.717, 1.165) is 22.2 Å². The summed E-state index contributed by atoms with van der Waals surface area (Å²) in [6.07, 6.45) is 7.72. The smallest absolute Gasteiger partial charge is 0.251 e. The molecule has 1 N–H and O–H groups in total. The molecule has 2 heterocycles. The van der Waals surface area contributed by atoms with Crippen LogP contribution in [0, 0.1) is 0 Å². The van der Waals surface area contributed by atoms with Gasteiger partial charge in [-0.05, 0) is 37.2 Å². The average Bonchev–Trinajstić information content (AvgIpc) is 3.17. The van der Waals surface area contributed by atoms with Gasteiger partial charge in [-0.3, -0.25) is 9.59 Å². The number of rotatable bonds is 11. The molecule has 1 aromatic carbocycles. The fraction of sp³-hybridized carbons (Fsp3) is 0.500. The van der Waals surface area contributed by atoms with Crippen LogP contribution < -0.4 is 5.32 Å². The maximum absolute atomic E-state index is 12.8. The number of benzene rings is 1. The molecule has 1 unspecified atom stereocenters. The monoisotopic (exact) mass is 447 g/mol. The molecule has 0 bridgehead atoms. The van der Waals surface area contributed by atoms with Gasteiger partial charge in [-0.2, -0.15) is 11.8 Å². The zero-order chi connectivity index (χ0) is 21.3. The van der Waals surface area contributed by atoms with E-state index < -0.39 is 11.9 Å². The Balaban J connectivity index is 1.45. The fourth-order valence-corrected chi connectivity index (χ4v) is 5.25. The van der Waals surface area contributed by atoms with Gasteiger partial charge in [-0.1, -0.05) is 62.4 Å². The van der Waals surface area contributed by atoms with E-state index in [1.165, 1.54) is 50.5 Å². The quantitative estimate of drug-likeness (QED) is 0.280. The van der Waals surface area contributed by atoms with Crippen molar-refractivity contribution in [2.45, 2.75) is 62.1 Å². The highest BCUT2D eigenvalue weighted by Crippen LogP contribution is 2.34. The minimum Gasteiger partial charge on any atom is -0.358 e. The maximum Gasteiger partial charge on any atom is 0.251 e. The van der Waals surface area contributed by atoms with Crippen molar-refractivity contribution in [2.24, 2.45) is 0 Å². The van der Waals surface area contributed by atoms with E-state index in [1.54, 1.807) is 23.5 Å². The van der Waals surface area contributed by atoms with Gasteiger partial charge in [0.1, 0.15) is 5.76 Å². The Kier molecular flexibility index (Phi) is 8.84. The van der Waals surface area contributed by atoms with Crippen LogP contribution in [0.2, 0.25) is 0 Å². The van der Waals surface area contributed by atoms with E-state index in [2.05, 4.69) is 17.4 Å². The lowest BCUT2D eigenvalue weighted by Gasteiger charge is -2.30. The molecule has 0 fully saturated rings. The first-order valence-corrected chi connectivity index (χ1v) is 12.4. The average molecular weight is 448 g/mol. The first kappa shape index (κ1) is 22.9. The molecular formula is C22H29N3O3S2. The zero-order valence-corrected chi connectivity index (χ0v) is 19.2. The third-order valence-electron chi connectivity index (χ3n) is 4.95. The van der Waals surface area contributed by atoms with Crippen LogP contribution in [0.5, 0.6) is 0 Å². The summed E-state index contributed by atoms with van der Waals surface area (Å²) in [4.78, 5) is 26.4.